The summed E-state index contributed by atoms with van der Waals surface area (Å²) >= 11 is 12.1. The molecule has 0 aliphatic heterocycles. The van der Waals surface area contributed by atoms with Gasteiger partial charge in [0.15, 0.2) is 0 Å². The highest BCUT2D eigenvalue weighted by Crippen LogP contribution is 2.32. The topological polar surface area (TPSA) is 12.0 Å². The third-order valence-electron chi connectivity index (χ3n) is 3.09. The summed E-state index contributed by atoms with van der Waals surface area (Å²) in [4.78, 5) is 0. The lowest BCUT2D eigenvalue weighted by Crippen LogP contribution is -2.19. The van der Waals surface area contributed by atoms with Crippen molar-refractivity contribution in [3.63, 3.8) is 0 Å². The quantitative estimate of drug-likeness (QED) is 0.862. The van der Waals surface area contributed by atoms with Crippen molar-refractivity contribution in [2.45, 2.75) is 13.0 Å². The number of rotatable bonds is 3. The molecule has 1 N–H and O–H groups in total. The molecule has 0 bridgehead atoms. The minimum Gasteiger partial charge on any atom is -0.309 e. The van der Waals surface area contributed by atoms with Crippen LogP contribution >= 0.6 is 23.2 Å². The second-order valence-corrected chi connectivity index (χ2v) is 5.21. The first kappa shape index (κ1) is 14.3. The van der Waals surface area contributed by atoms with Crippen LogP contribution in [0.15, 0.2) is 36.4 Å². The van der Waals surface area contributed by atoms with E-state index in [2.05, 4.69) is 5.32 Å². The molecular formula is C15H14Cl2FN. The Morgan fingerprint density at radius 2 is 1.84 bits per heavy atom. The van der Waals surface area contributed by atoms with Crippen molar-refractivity contribution in [1.29, 1.82) is 0 Å². The standard InChI is InChI=1S/C15H14Cl2FN/c1-9-4-3-5-12(14(9)18)15(19-2)11-7-6-10(16)8-13(11)17/h3-8,15,19H,1-2H3. The van der Waals surface area contributed by atoms with E-state index in [0.29, 0.717) is 21.2 Å². The molecule has 1 atom stereocenters. The lowest BCUT2D eigenvalue weighted by molar-refractivity contribution is 0.569. The number of hydrogen-bond donors (Lipinski definition) is 1. The van der Waals surface area contributed by atoms with Crippen LogP contribution in [0.5, 0.6) is 0 Å². The summed E-state index contributed by atoms with van der Waals surface area (Å²) in [5.74, 6) is -0.215. The van der Waals surface area contributed by atoms with Gasteiger partial charge in [-0.2, -0.15) is 0 Å². The zero-order valence-electron chi connectivity index (χ0n) is 10.7. The van der Waals surface area contributed by atoms with Gasteiger partial charge in [-0.05, 0) is 37.2 Å². The molecule has 1 unspecified atom stereocenters. The minimum atomic E-state index is -0.301. The van der Waals surface area contributed by atoms with Gasteiger partial charge in [0.1, 0.15) is 5.82 Å². The van der Waals surface area contributed by atoms with E-state index in [9.17, 15) is 4.39 Å². The summed E-state index contributed by atoms with van der Waals surface area (Å²) in [6, 6.07) is 10.3. The molecule has 2 rings (SSSR count). The molecule has 0 fully saturated rings. The van der Waals surface area contributed by atoms with Crippen molar-refractivity contribution in [1.82, 2.24) is 5.32 Å². The first-order chi connectivity index (χ1) is 9.04. The number of hydrogen-bond acceptors (Lipinski definition) is 1. The van der Waals surface area contributed by atoms with Gasteiger partial charge in [0.2, 0.25) is 0 Å². The summed E-state index contributed by atoms with van der Waals surface area (Å²) in [7, 11) is 1.78. The Balaban J connectivity index is 2.53. The Kier molecular flexibility index (Phi) is 4.46. The number of aryl methyl sites for hydroxylation is 1. The normalized spacial score (nSPS) is 12.5. The molecule has 0 amide bonds. The van der Waals surface area contributed by atoms with Crippen LogP contribution in [0.25, 0.3) is 0 Å². The Morgan fingerprint density at radius 1 is 1.11 bits per heavy atom. The van der Waals surface area contributed by atoms with Gasteiger partial charge in [-0.1, -0.05) is 47.5 Å². The molecule has 0 radical (unpaired) electrons. The maximum Gasteiger partial charge on any atom is 0.131 e. The van der Waals surface area contributed by atoms with E-state index in [1.165, 1.54) is 0 Å². The molecule has 2 aromatic rings. The summed E-state index contributed by atoms with van der Waals surface area (Å²) in [5.41, 5.74) is 1.99. The van der Waals surface area contributed by atoms with E-state index in [4.69, 9.17) is 23.2 Å². The fourth-order valence-electron chi connectivity index (χ4n) is 2.11. The first-order valence-electron chi connectivity index (χ1n) is 5.92. The van der Waals surface area contributed by atoms with Gasteiger partial charge in [-0.15, -0.1) is 0 Å². The van der Waals surface area contributed by atoms with Crippen LogP contribution in [0.3, 0.4) is 0 Å². The molecule has 1 nitrogen and oxygen atoms in total. The highest BCUT2D eigenvalue weighted by molar-refractivity contribution is 6.35. The fraction of sp³-hybridized carbons (Fsp3) is 0.200. The molecule has 4 heteroatoms. The predicted octanol–water partition coefficient (Wildman–Crippen LogP) is 4.75. The van der Waals surface area contributed by atoms with Crippen molar-refractivity contribution in [2.24, 2.45) is 0 Å². The van der Waals surface area contributed by atoms with Crippen molar-refractivity contribution in [2.75, 3.05) is 7.05 Å². The largest absolute Gasteiger partial charge is 0.309 e. The van der Waals surface area contributed by atoms with E-state index >= 15 is 0 Å². The molecule has 0 heterocycles. The zero-order chi connectivity index (χ0) is 14.0. The third kappa shape index (κ3) is 2.92. The van der Waals surface area contributed by atoms with Gasteiger partial charge >= 0.3 is 0 Å². The van der Waals surface area contributed by atoms with Gasteiger partial charge < -0.3 is 5.32 Å². The number of halogens is 3. The van der Waals surface area contributed by atoms with Crippen LogP contribution in [-0.4, -0.2) is 7.05 Å². The van der Waals surface area contributed by atoms with Crippen molar-refractivity contribution in [3.8, 4) is 0 Å². The fourth-order valence-corrected chi connectivity index (χ4v) is 2.62. The molecule has 0 aromatic heterocycles. The van der Waals surface area contributed by atoms with E-state index in [-0.39, 0.29) is 11.9 Å². The number of nitrogens with one attached hydrogen (secondary N) is 1. The molecule has 0 aliphatic rings. The Bertz CT molecular complexity index is 599. The molecule has 0 saturated carbocycles. The Morgan fingerprint density at radius 3 is 2.47 bits per heavy atom. The third-order valence-corrected chi connectivity index (χ3v) is 3.66. The van der Waals surface area contributed by atoms with Crippen LogP contribution in [-0.2, 0) is 0 Å². The lowest BCUT2D eigenvalue weighted by Gasteiger charge is -2.20. The van der Waals surface area contributed by atoms with Crippen LogP contribution in [0, 0.1) is 12.7 Å². The Hall–Kier alpha value is -1.09. The molecule has 0 saturated heterocycles. The van der Waals surface area contributed by atoms with E-state index in [1.54, 1.807) is 38.2 Å². The average molecular weight is 298 g/mol. The monoisotopic (exact) mass is 297 g/mol. The molecule has 2 aromatic carbocycles. The SMILES string of the molecule is CNC(c1ccc(Cl)cc1Cl)c1cccc(C)c1F. The van der Waals surface area contributed by atoms with Gasteiger partial charge in [0.25, 0.3) is 0 Å². The van der Waals surface area contributed by atoms with Crippen molar-refractivity contribution >= 4 is 23.2 Å². The second-order valence-electron chi connectivity index (χ2n) is 4.37. The maximum absolute atomic E-state index is 14.2. The molecular weight excluding hydrogens is 284 g/mol. The zero-order valence-corrected chi connectivity index (χ0v) is 12.2. The first-order valence-corrected chi connectivity index (χ1v) is 6.67. The lowest BCUT2D eigenvalue weighted by atomic mass is 9.96. The smallest absolute Gasteiger partial charge is 0.131 e. The average Bonchev–Trinajstić information content (AvgIpc) is 2.37. The second kappa shape index (κ2) is 5.91. The van der Waals surface area contributed by atoms with E-state index < -0.39 is 0 Å². The summed E-state index contributed by atoms with van der Waals surface area (Å²) in [6.07, 6.45) is 0. The molecule has 0 spiro atoms. The van der Waals surface area contributed by atoms with Gasteiger partial charge in [-0.25, -0.2) is 4.39 Å². The van der Waals surface area contributed by atoms with E-state index in [1.807, 2.05) is 12.1 Å². The van der Waals surface area contributed by atoms with Crippen LogP contribution in [0.1, 0.15) is 22.7 Å². The van der Waals surface area contributed by atoms with Gasteiger partial charge in [-0.3, -0.25) is 0 Å². The van der Waals surface area contributed by atoms with Gasteiger partial charge in [0, 0.05) is 15.6 Å². The predicted molar refractivity (Wildman–Crippen MR) is 78.5 cm³/mol. The Labute approximate surface area is 122 Å². The van der Waals surface area contributed by atoms with Crippen molar-refractivity contribution in [3.05, 3.63) is 69.0 Å². The minimum absolute atomic E-state index is 0.215. The molecule has 19 heavy (non-hydrogen) atoms. The van der Waals surface area contributed by atoms with Crippen molar-refractivity contribution < 1.29 is 4.39 Å². The highest BCUT2D eigenvalue weighted by atomic mass is 35.5. The summed E-state index contributed by atoms with van der Waals surface area (Å²) in [6.45, 7) is 1.75. The van der Waals surface area contributed by atoms with Gasteiger partial charge in [0.05, 0.1) is 6.04 Å². The summed E-state index contributed by atoms with van der Waals surface area (Å²) < 4.78 is 14.2. The van der Waals surface area contributed by atoms with E-state index in [0.717, 1.165) is 5.56 Å². The molecule has 0 aliphatic carbocycles. The number of benzene rings is 2. The van der Waals surface area contributed by atoms with Crippen LogP contribution in [0.2, 0.25) is 10.0 Å². The van der Waals surface area contributed by atoms with Crippen LogP contribution < -0.4 is 5.32 Å². The highest BCUT2D eigenvalue weighted by Gasteiger charge is 2.19. The van der Waals surface area contributed by atoms with Crippen LogP contribution in [0.4, 0.5) is 4.39 Å². The summed E-state index contributed by atoms with van der Waals surface area (Å²) in [5, 5.41) is 4.18. The molecule has 100 valence electrons. The maximum atomic E-state index is 14.2.